The summed E-state index contributed by atoms with van der Waals surface area (Å²) >= 11 is 0. The third-order valence-corrected chi connectivity index (χ3v) is 11.0. The van der Waals surface area contributed by atoms with Crippen LogP contribution in [0.1, 0.15) is 63.3 Å². The number of nitrogens with zero attached hydrogens (tertiary/aromatic N) is 1. The van der Waals surface area contributed by atoms with Crippen LogP contribution in [0.3, 0.4) is 0 Å². The molecule has 4 N–H and O–H groups in total. The second-order valence-electron chi connectivity index (χ2n) is 18.1. The van der Waals surface area contributed by atoms with Crippen molar-refractivity contribution < 1.29 is 52.1 Å². The Morgan fingerprint density at radius 2 is 1.24 bits per heavy atom. The summed E-state index contributed by atoms with van der Waals surface area (Å²) in [6.45, 7) is 9.51. The lowest BCUT2D eigenvalue weighted by molar-refractivity contribution is -0.158. The first-order chi connectivity index (χ1) is 32.5. The highest BCUT2D eigenvalue weighted by Crippen LogP contribution is 2.23. The number of carbonyl (C=O) groups is 6. The molecule has 1 aliphatic rings. The highest BCUT2D eigenvalue weighted by Gasteiger charge is 2.37. The summed E-state index contributed by atoms with van der Waals surface area (Å²) < 4.78 is 37.1. The molecule has 5 unspecified atom stereocenters. The van der Waals surface area contributed by atoms with Crippen molar-refractivity contribution in [2.45, 2.75) is 96.7 Å². The zero-order chi connectivity index (χ0) is 49.1. The molecule has 0 bridgehead atoms. The number of amides is 6. The number of hydrogen-bond donors (Lipinski definition) is 4. The van der Waals surface area contributed by atoms with Crippen LogP contribution in [0.25, 0.3) is 0 Å². The molecule has 364 valence electrons. The predicted molar refractivity (Wildman–Crippen MR) is 252 cm³/mol. The van der Waals surface area contributed by atoms with Gasteiger partial charge in [0.05, 0.1) is 25.9 Å². The third-order valence-electron chi connectivity index (χ3n) is 11.0. The van der Waals surface area contributed by atoms with Gasteiger partial charge in [0.25, 0.3) is 5.91 Å². The summed E-state index contributed by atoms with van der Waals surface area (Å²) in [6, 6.07) is 29.0. The van der Waals surface area contributed by atoms with Crippen molar-refractivity contribution in [1.29, 1.82) is 0 Å². The minimum Gasteiger partial charge on any atom is -0.458 e. The van der Waals surface area contributed by atoms with E-state index in [9.17, 15) is 33.2 Å². The molecule has 0 spiro atoms. The van der Waals surface area contributed by atoms with Gasteiger partial charge in [0, 0.05) is 25.4 Å². The lowest BCUT2D eigenvalue weighted by Crippen LogP contribution is -2.58. The Balaban J connectivity index is 1.44. The number of urea groups is 1. The van der Waals surface area contributed by atoms with Crippen molar-refractivity contribution in [2.24, 2.45) is 11.8 Å². The van der Waals surface area contributed by atoms with Crippen molar-refractivity contribution in [3.8, 4) is 0 Å². The van der Waals surface area contributed by atoms with Gasteiger partial charge in [0.15, 0.2) is 0 Å². The zero-order valence-electron chi connectivity index (χ0n) is 39.4. The van der Waals surface area contributed by atoms with Crippen molar-refractivity contribution in [3.63, 3.8) is 0 Å². The summed E-state index contributed by atoms with van der Waals surface area (Å²) in [5.41, 5.74) is 2.02. The highest BCUT2D eigenvalue weighted by molar-refractivity contribution is 5.99. The third kappa shape index (κ3) is 17.9. The maximum Gasteiger partial charge on any atom is 0.408 e. The molecule has 0 radical (unpaired) electrons. The number of morpholine rings is 1. The first-order valence-corrected chi connectivity index (χ1v) is 22.9. The molecule has 4 aromatic rings. The van der Waals surface area contributed by atoms with E-state index in [1.165, 1.54) is 29.2 Å². The zero-order valence-corrected chi connectivity index (χ0v) is 39.4. The Bertz CT molecular complexity index is 2240. The molecule has 0 aromatic heterocycles. The maximum absolute atomic E-state index is 14.8. The van der Waals surface area contributed by atoms with Gasteiger partial charge < -0.3 is 39.8 Å². The summed E-state index contributed by atoms with van der Waals surface area (Å²) in [5, 5.41) is 11.0. The summed E-state index contributed by atoms with van der Waals surface area (Å²) in [6.07, 6.45) is -1.95. The summed E-state index contributed by atoms with van der Waals surface area (Å²) in [5.74, 6) is -4.85. The van der Waals surface area contributed by atoms with Gasteiger partial charge in [-0.25, -0.2) is 18.8 Å². The highest BCUT2D eigenvalue weighted by atomic mass is 19.1. The van der Waals surface area contributed by atoms with Crippen LogP contribution in [0.5, 0.6) is 0 Å². The molecule has 0 saturated carbocycles. The molecule has 1 aliphatic heterocycles. The van der Waals surface area contributed by atoms with E-state index in [0.29, 0.717) is 37.4 Å². The van der Waals surface area contributed by atoms with E-state index < -0.39 is 89.9 Å². The Morgan fingerprint density at radius 3 is 1.81 bits per heavy atom. The lowest BCUT2D eigenvalue weighted by Gasteiger charge is -2.32. The quantitative estimate of drug-likeness (QED) is 0.0714. The van der Waals surface area contributed by atoms with E-state index in [2.05, 4.69) is 21.3 Å². The predicted octanol–water partition coefficient (Wildman–Crippen LogP) is 6.08. The molecule has 6 amide bonds. The van der Waals surface area contributed by atoms with E-state index in [0.717, 1.165) is 11.1 Å². The largest absolute Gasteiger partial charge is 0.458 e. The Labute approximate surface area is 397 Å². The maximum atomic E-state index is 14.8. The van der Waals surface area contributed by atoms with Crippen LogP contribution in [-0.4, -0.2) is 103 Å². The van der Waals surface area contributed by atoms with E-state index in [4.69, 9.17) is 18.9 Å². The summed E-state index contributed by atoms with van der Waals surface area (Å²) in [7, 11) is 0. The molecule has 4 aromatic carbocycles. The van der Waals surface area contributed by atoms with E-state index >= 15 is 0 Å². The number of hydrogen-bond acceptors (Lipinski definition) is 10. The molecular weight excluding hydrogens is 874 g/mol. The van der Waals surface area contributed by atoms with Gasteiger partial charge in [-0.2, -0.15) is 0 Å². The Kier molecular flexibility index (Phi) is 20.0. The van der Waals surface area contributed by atoms with E-state index in [1.807, 2.05) is 66.7 Å². The van der Waals surface area contributed by atoms with Gasteiger partial charge in [-0.05, 0) is 80.3 Å². The standard InChI is InChI=1S/C52H64FN5O10/c1-35(2)46(49(62)54-43(31-37-17-11-7-12-18-37)48(61)57-50(63)58-25-27-65-28-26-58)56-47(60)40(29-38-21-23-41(53)24-22-38)32-44(67-45(59)34-66-33-39-19-13-8-14-20-39)42(30-36-15-9-6-10-16-36)55-51(64)68-52(3,4)5/h6-24,35,40,42-44,46H,25-34H2,1-5H3,(H,54,62)(H,55,64)(H,56,60)(H,57,61,63). The van der Waals surface area contributed by atoms with Crippen LogP contribution >= 0.6 is 0 Å². The van der Waals surface area contributed by atoms with Gasteiger partial charge in [-0.15, -0.1) is 0 Å². The topological polar surface area (TPSA) is 191 Å². The van der Waals surface area contributed by atoms with Crippen molar-refractivity contribution in [3.05, 3.63) is 143 Å². The Morgan fingerprint density at radius 1 is 0.676 bits per heavy atom. The minimum atomic E-state index is -1.21. The number of ether oxygens (including phenoxy) is 4. The fraction of sp³-hybridized carbons (Fsp3) is 0.423. The van der Waals surface area contributed by atoms with Crippen LogP contribution in [-0.2, 0) is 64.0 Å². The molecule has 1 saturated heterocycles. The SMILES string of the molecule is CC(C)C(NC(=O)C(Cc1ccc(F)cc1)CC(OC(=O)COCc1ccccc1)C(Cc1ccccc1)NC(=O)OC(C)(C)C)C(=O)NC(Cc1ccccc1)C(=O)NC(=O)N1CCOCC1. The van der Waals surface area contributed by atoms with Crippen LogP contribution < -0.4 is 21.3 Å². The molecule has 5 atom stereocenters. The number of imide groups is 1. The number of carbonyl (C=O) groups excluding carboxylic acids is 6. The van der Waals surface area contributed by atoms with Crippen molar-refractivity contribution in [1.82, 2.24) is 26.2 Å². The van der Waals surface area contributed by atoms with Gasteiger partial charge >= 0.3 is 18.1 Å². The second kappa shape index (κ2) is 26.0. The van der Waals surface area contributed by atoms with Crippen LogP contribution in [0.4, 0.5) is 14.0 Å². The number of halogens is 1. The number of nitrogens with one attached hydrogen (secondary N) is 4. The average molecular weight is 938 g/mol. The lowest BCUT2D eigenvalue weighted by atomic mass is 9.88. The molecule has 1 heterocycles. The first kappa shape index (κ1) is 52.3. The normalized spacial score (nSPS) is 14.9. The average Bonchev–Trinajstić information content (AvgIpc) is 3.31. The van der Waals surface area contributed by atoms with Gasteiger partial charge in [0.1, 0.15) is 36.2 Å². The monoisotopic (exact) mass is 937 g/mol. The van der Waals surface area contributed by atoms with Crippen LogP contribution in [0.15, 0.2) is 115 Å². The smallest absolute Gasteiger partial charge is 0.408 e. The van der Waals surface area contributed by atoms with Crippen molar-refractivity contribution >= 4 is 35.8 Å². The fourth-order valence-electron chi connectivity index (χ4n) is 7.56. The summed E-state index contributed by atoms with van der Waals surface area (Å²) in [4.78, 5) is 84.7. The van der Waals surface area contributed by atoms with Crippen LogP contribution in [0.2, 0.25) is 0 Å². The number of esters is 1. The van der Waals surface area contributed by atoms with Gasteiger partial charge in [0.2, 0.25) is 11.8 Å². The van der Waals surface area contributed by atoms with E-state index in [1.54, 1.807) is 58.9 Å². The molecule has 0 aliphatic carbocycles. The molecular formula is C52H64FN5O10. The molecule has 68 heavy (non-hydrogen) atoms. The second-order valence-corrected chi connectivity index (χ2v) is 18.1. The molecule has 15 nitrogen and oxygen atoms in total. The van der Waals surface area contributed by atoms with Crippen molar-refractivity contribution in [2.75, 3.05) is 32.9 Å². The van der Waals surface area contributed by atoms with Gasteiger partial charge in [-0.3, -0.25) is 19.7 Å². The first-order valence-electron chi connectivity index (χ1n) is 22.9. The van der Waals surface area contributed by atoms with Gasteiger partial charge in [-0.1, -0.05) is 117 Å². The minimum absolute atomic E-state index is 0.00426. The number of alkyl carbamates (subject to hydrolysis) is 1. The fourth-order valence-corrected chi connectivity index (χ4v) is 7.56. The number of rotatable bonds is 21. The molecule has 5 rings (SSSR count). The number of benzene rings is 4. The molecule has 16 heteroatoms. The van der Waals surface area contributed by atoms with Crippen LogP contribution in [0, 0.1) is 17.7 Å². The Hall–Kier alpha value is -6.65. The molecule has 1 fully saturated rings. The van der Waals surface area contributed by atoms with E-state index in [-0.39, 0.29) is 32.3 Å².